The predicted octanol–water partition coefficient (Wildman–Crippen LogP) is 4.92. The van der Waals surface area contributed by atoms with Gasteiger partial charge in [-0.25, -0.2) is 9.07 Å². The second-order valence-corrected chi connectivity index (χ2v) is 11.0. The van der Waals surface area contributed by atoms with Crippen LogP contribution in [0.3, 0.4) is 0 Å². The van der Waals surface area contributed by atoms with Crippen LogP contribution in [0.25, 0.3) is 5.69 Å². The normalized spacial score (nSPS) is 16.2. The average molecular weight is 664 g/mol. The van der Waals surface area contributed by atoms with Gasteiger partial charge in [0.15, 0.2) is 0 Å². The van der Waals surface area contributed by atoms with Gasteiger partial charge in [-0.3, -0.25) is 19.3 Å². The number of hydrogen-bond donors (Lipinski definition) is 3. The first kappa shape index (κ1) is 34.0. The Balaban J connectivity index is 1.65. The molecule has 0 aliphatic carbocycles. The first-order chi connectivity index (χ1) is 23.0. The zero-order valence-corrected chi connectivity index (χ0v) is 25.9. The molecule has 5 rings (SSSR count). The summed E-state index contributed by atoms with van der Waals surface area (Å²) in [6.45, 7) is 2.10. The molecule has 2 heterocycles. The zero-order valence-electron chi connectivity index (χ0n) is 25.9. The Labute approximate surface area is 273 Å². The highest BCUT2D eigenvalue weighted by Crippen LogP contribution is 2.44. The maximum Gasteiger partial charge on any atom is 0.416 e. The smallest absolute Gasteiger partial charge is 0.396 e. The van der Waals surface area contributed by atoms with E-state index in [0.29, 0.717) is 40.8 Å². The molecule has 4 aromatic rings. The van der Waals surface area contributed by atoms with Gasteiger partial charge in [-0.05, 0) is 67.4 Å². The lowest BCUT2D eigenvalue weighted by atomic mass is 9.80. The van der Waals surface area contributed by atoms with Crippen LogP contribution in [-0.4, -0.2) is 58.3 Å². The van der Waals surface area contributed by atoms with E-state index in [1.165, 1.54) is 41.3 Å². The average Bonchev–Trinajstić information content (AvgIpc) is 3.44. The van der Waals surface area contributed by atoms with Gasteiger partial charge in [-0.2, -0.15) is 18.3 Å². The van der Waals surface area contributed by atoms with Gasteiger partial charge in [0.25, 0.3) is 11.8 Å². The summed E-state index contributed by atoms with van der Waals surface area (Å²) in [6, 6.07) is 17.0. The highest BCUT2D eigenvalue weighted by molar-refractivity contribution is 6.05. The fourth-order valence-electron chi connectivity index (χ4n) is 5.69. The Morgan fingerprint density at radius 3 is 2.42 bits per heavy atom. The first-order valence-corrected chi connectivity index (χ1v) is 15.3. The van der Waals surface area contributed by atoms with Gasteiger partial charge in [0.1, 0.15) is 17.7 Å². The highest BCUT2D eigenvalue weighted by atomic mass is 19.4. The summed E-state index contributed by atoms with van der Waals surface area (Å²) in [5.41, 5.74) is 0.742. The second kappa shape index (κ2) is 14.6. The quantitative estimate of drug-likeness (QED) is 0.120. The molecule has 3 aromatic carbocycles. The van der Waals surface area contributed by atoms with Gasteiger partial charge < -0.3 is 15.7 Å². The molecule has 0 saturated carbocycles. The Kier molecular flexibility index (Phi) is 10.4. The van der Waals surface area contributed by atoms with Crippen LogP contribution in [0.2, 0.25) is 0 Å². The molecule has 1 aromatic heterocycles. The summed E-state index contributed by atoms with van der Waals surface area (Å²) >= 11 is 0. The Morgan fingerprint density at radius 1 is 1.02 bits per heavy atom. The summed E-state index contributed by atoms with van der Waals surface area (Å²) < 4.78 is 56.2. The molecule has 3 N–H and O–H groups in total. The SMILES string of the molecule is CCN1C(=O)C(NC(=O)c2cccc(C(F)(F)F)c2)C(c2ccc(F)cc2)c2c(C/C=C/C(=O)NCCCO)nn(-c3ccccc3)c21. The molecule has 1 aliphatic heterocycles. The van der Waals surface area contributed by atoms with E-state index in [9.17, 15) is 31.9 Å². The van der Waals surface area contributed by atoms with Crippen LogP contribution < -0.4 is 15.5 Å². The van der Waals surface area contributed by atoms with Gasteiger partial charge in [0.05, 0.1) is 16.9 Å². The van der Waals surface area contributed by atoms with Crippen LogP contribution in [0.4, 0.5) is 23.4 Å². The lowest BCUT2D eigenvalue weighted by Gasteiger charge is -2.38. The number of hydrogen-bond acceptors (Lipinski definition) is 5. The number of likely N-dealkylation sites (N-methyl/N-ethyl adjacent to an activating group) is 1. The minimum absolute atomic E-state index is 0.0735. The van der Waals surface area contributed by atoms with Crippen LogP contribution >= 0.6 is 0 Å². The van der Waals surface area contributed by atoms with Crippen molar-refractivity contribution in [2.45, 2.75) is 37.9 Å². The molecule has 1 aliphatic rings. The number of anilines is 1. The molecule has 0 fully saturated rings. The van der Waals surface area contributed by atoms with Crippen LogP contribution in [0, 0.1) is 5.82 Å². The monoisotopic (exact) mass is 663 g/mol. The Bertz CT molecular complexity index is 1810. The summed E-state index contributed by atoms with van der Waals surface area (Å²) in [5, 5.41) is 19.2. The van der Waals surface area contributed by atoms with Crippen molar-refractivity contribution in [1.29, 1.82) is 0 Å². The molecule has 0 radical (unpaired) electrons. The van der Waals surface area contributed by atoms with Crippen molar-refractivity contribution in [2.75, 3.05) is 24.6 Å². The largest absolute Gasteiger partial charge is 0.416 e. The molecular weight excluding hydrogens is 630 g/mol. The van der Waals surface area contributed by atoms with Crippen molar-refractivity contribution in [3.05, 3.63) is 125 Å². The third-order valence-electron chi connectivity index (χ3n) is 7.90. The van der Waals surface area contributed by atoms with Crippen LogP contribution in [0.1, 0.15) is 52.0 Å². The van der Waals surface area contributed by atoms with Gasteiger partial charge in [-0.15, -0.1) is 0 Å². The van der Waals surface area contributed by atoms with E-state index in [-0.39, 0.29) is 37.6 Å². The molecule has 2 unspecified atom stereocenters. The number of aromatic nitrogens is 2. The number of halogens is 4. The van der Waals surface area contributed by atoms with Crippen LogP contribution in [0.15, 0.2) is 91.0 Å². The number of fused-ring (bicyclic) bond motifs is 1. The maximum absolute atomic E-state index is 14.3. The van der Waals surface area contributed by atoms with Gasteiger partial charge in [0.2, 0.25) is 5.91 Å². The van der Waals surface area contributed by atoms with E-state index in [2.05, 4.69) is 10.6 Å². The molecule has 0 bridgehead atoms. The predicted molar refractivity (Wildman–Crippen MR) is 170 cm³/mol. The van der Waals surface area contributed by atoms with E-state index in [1.54, 1.807) is 41.9 Å². The molecule has 3 amide bonds. The molecule has 13 heteroatoms. The number of aliphatic hydroxyl groups excluding tert-OH is 1. The molecule has 2 atom stereocenters. The number of nitrogens with zero attached hydrogens (tertiary/aromatic N) is 3. The number of amides is 3. The lowest BCUT2D eigenvalue weighted by Crippen LogP contribution is -2.55. The van der Waals surface area contributed by atoms with Crippen molar-refractivity contribution >= 4 is 23.5 Å². The van der Waals surface area contributed by atoms with Crippen LogP contribution in [-0.2, 0) is 22.2 Å². The van der Waals surface area contributed by atoms with E-state index >= 15 is 0 Å². The number of para-hydroxylation sites is 1. The van der Waals surface area contributed by atoms with E-state index in [1.807, 2.05) is 6.07 Å². The zero-order chi connectivity index (χ0) is 34.4. The Hall–Kier alpha value is -5.30. The molecule has 0 spiro atoms. The van der Waals surface area contributed by atoms with Crippen molar-refractivity contribution in [3.63, 3.8) is 0 Å². The number of nitrogens with one attached hydrogen (secondary N) is 2. The second-order valence-electron chi connectivity index (χ2n) is 11.0. The summed E-state index contributed by atoms with van der Waals surface area (Å²) in [7, 11) is 0. The number of benzene rings is 3. The van der Waals surface area contributed by atoms with Gasteiger partial charge >= 0.3 is 6.18 Å². The minimum Gasteiger partial charge on any atom is -0.396 e. The molecule has 250 valence electrons. The first-order valence-electron chi connectivity index (χ1n) is 15.3. The number of carbonyl (C=O) groups excluding carboxylic acids is 3. The summed E-state index contributed by atoms with van der Waals surface area (Å²) in [4.78, 5) is 41.7. The fourth-order valence-corrected chi connectivity index (χ4v) is 5.69. The topological polar surface area (TPSA) is 117 Å². The molecule has 9 nitrogen and oxygen atoms in total. The molecular formula is C35H33F4N5O4. The number of alkyl halides is 3. The number of allylic oxidation sites excluding steroid dienone is 1. The van der Waals surface area contributed by atoms with E-state index in [0.717, 1.165) is 12.1 Å². The standard InChI is InChI=1S/C35H33F4N5O4/c1-2-43-33-30(27(13-7-14-28(46)40-19-8-20-45)42-44(33)26-11-4-3-5-12-26)29(22-15-17-25(36)18-16-22)31(34(43)48)41-32(47)23-9-6-10-24(21-23)35(37,38)39/h3-7,9-12,14-18,21,29,31,45H,2,8,13,19-20H2,1H3,(H,40,46)(H,41,47)/b14-7+. The van der Waals surface area contributed by atoms with E-state index < -0.39 is 41.3 Å². The van der Waals surface area contributed by atoms with Crippen molar-refractivity contribution < 1.29 is 37.1 Å². The van der Waals surface area contributed by atoms with Gasteiger partial charge in [0, 0.05) is 43.2 Å². The summed E-state index contributed by atoms with van der Waals surface area (Å²) in [5.74, 6) is -2.89. The van der Waals surface area contributed by atoms with Crippen molar-refractivity contribution in [3.8, 4) is 5.69 Å². The lowest BCUT2D eigenvalue weighted by molar-refractivity contribution is -0.137. The molecule has 48 heavy (non-hydrogen) atoms. The summed E-state index contributed by atoms with van der Waals surface area (Å²) in [6.07, 6.45) is -1.25. The van der Waals surface area contributed by atoms with E-state index in [4.69, 9.17) is 10.2 Å². The van der Waals surface area contributed by atoms with Gasteiger partial charge in [-0.1, -0.05) is 42.5 Å². The number of rotatable bonds is 11. The number of aliphatic hydroxyl groups is 1. The third kappa shape index (κ3) is 7.31. The highest BCUT2D eigenvalue weighted by Gasteiger charge is 2.46. The van der Waals surface area contributed by atoms with Crippen molar-refractivity contribution in [1.82, 2.24) is 20.4 Å². The Morgan fingerprint density at radius 2 is 1.75 bits per heavy atom. The fraction of sp³-hybridized carbons (Fsp3) is 0.257. The third-order valence-corrected chi connectivity index (χ3v) is 7.90. The minimum atomic E-state index is -4.69. The van der Waals surface area contributed by atoms with Crippen LogP contribution in [0.5, 0.6) is 0 Å². The maximum atomic E-state index is 14.3. The number of carbonyl (C=O) groups is 3. The van der Waals surface area contributed by atoms with Crippen molar-refractivity contribution in [2.24, 2.45) is 0 Å². The molecule has 0 saturated heterocycles.